The Balaban J connectivity index is 1.77. The SMILES string of the molecule is Cc1nc(C)c(CNC(=O)C[C@H]2CCOC2)s1. The third kappa shape index (κ3) is 3.51. The number of nitrogens with one attached hydrogen (secondary N) is 1. The van der Waals surface area contributed by atoms with Gasteiger partial charge in [0.2, 0.25) is 5.91 Å². The van der Waals surface area contributed by atoms with E-state index in [-0.39, 0.29) is 5.91 Å². The monoisotopic (exact) mass is 254 g/mol. The van der Waals surface area contributed by atoms with Gasteiger partial charge in [-0.1, -0.05) is 0 Å². The van der Waals surface area contributed by atoms with Crippen LogP contribution in [-0.4, -0.2) is 24.1 Å². The van der Waals surface area contributed by atoms with Crippen molar-refractivity contribution in [2.75, 3.05) is 13.2 Å². The van der Waals surface area contributed by atoms with E-state index < -0.39 is 0 Å². The van der Waals surface area contributed by atoms with Gasteiger partial charge >= 0.3 is 0 Å². The fourth-order valence-corrected chi connectivity index (χ4v) is 2.87. The zero-order valence-electron chi connectivity index (χ0n) is 10.3. The molecule has 0 spiro atoms. The summed E-state index contributed by atoms with van der Waals surface area (Å²) in [4.78, 5) is 17.2. The number of aromatic nitrogens is 1. The maximum absolute atomic E-state index is 11.7. The summed E-state index contributed by atoms with van der Waals surface area (Å²) in [5.74, 6) is 0.519. The molecular weight excluding hydrogens is 236 g/mol. The largest absolute Gasteiger partial charge is 0.381 e. The minimum absolute atomic E-state index is 0.117. The molecule has 0 aliphatic carbocycles. The molecule has 1 amide bonds. The van der Waals surface area contributed by atoms with Gasteiger partial charge in [0, 0.05) is 24.5 Å². The first-order valence-electron chi connectivity index (χ1n) is 5.92. The predicted molar refractivity (Wildman–Crippen MR) is 67.0 cm³/mol. The van der Waals surface area contributed by atoms with Gasteiger partial charge in [-0.05, 0) is 26.2 Å². The number of aryl methyl sites for hydroxylation is 2. The second-order valence-corrected chi connectivity index (χ2v) is 5.74. The van der Waals surface area contributed by atoms with E-state index in [9.17, 15) is 4.79 Å². The van der Waals surface area contributed by atoms with Crippen molar-refractivity contribution < 1.29 is 9.53 Å². The summed E-state index contributed by atoms with van der Waals surface area (Å²) in [6.45, 7) is 6.09. The molecule has 1 saturated heterocycles. The molecular formula is C12H18N2O2S. The molecule has 0 radical (unpaired) electrons. The first-order chi connectivity index (χ1) is 8.15. The molecule has 5 heteroatoms. The van der Waals surface area contributed by atoms with E-state index in [1.807, 2.05) is 13.8 Å². The van der Waals surface area contributed by atoms with Gasteiger partial charge in [-0.15, -0.1) is 11.3 Å². The average molecular weight is 254 g/mol. The molecule has 1 aromatic rings. The lowest BCUT2D eigenvalue weighted by molar-refractivity contribution is -0.122. The second kappa shape index (κ2) is 5.60. The van der Waals surface area contributed by atoms with Crippen LogP contribution in [0.1, 0.15) is 28.4 Å². The molecule has 1 aliphatic rings. The Morgan fingerprint density at radius 1 is 1.59 bits per heavy atom. The molecule has 1 aliphatic heterocycles. The maximum Gasteiger partial charge on any atom is 0.220 e. The number of rotatable bonds is 4. The van der Waals surface area contributed by atoms with Crippen LogP contribution in [0.2, 0.25) is 0 Å². The van der Waals surface area contributed by atoms with Crippen LogP contribution in [0.3, 0.4) is 0 Å². The lowest BCUT2D eigenvalue weighted by Gasteiger charge is -2.07. The minimum Gasteiger partial charge on any atom is -0.381 e. The summed E-state index contributed by atoms with van der Waals surface area (Å²) < 4.78 is 5.26. The van der Waals surface area contributed by atoms with E-state index in [2.05, 4.69) is 10.3 Å². The van der Waals surface area contributed by atoms with Crippen LogP contribution in [0.15, 0.2) is 0 Å². The molecule has 0 saturated carbocycles. The normalized spacial score (nSPS) is 19.5. The van der Waals surface area contributed by atoms with Gasteiger partial charge < -0.3 is 10.1 Å². The third-order valence-electron chi connectivity index (χ3n) is 2.94. The van der Waals surface area contributed by atoms with Gasteiger partial charge in [0.15, 0.2) is 0 Å². The number of amides is 1. The highest BCUT2D eigenvalue weighted by Gasteiger charge is 2.19. The zero-order valence-corrected chi connectivity index (χ0v) is 11.1. The summed E-state index contributed by atoms with van der Waals surface area (Å²) in [5.41, 5.74) is 1.02. The lowest BCUT2D eigenvalue weighted by atomic mass is 10.1. The van der Waals surface area contributed by atoms with Crippen molar-refractivity contribution in [3.63, 3.8) is 0 Å². The summed E-state index contributed by atoms with van der Waals surface area (Å²) in [5, 5.41) is 4.01. The zero-order chi connectivity index (χ0) is 12.3. The maximum atomic E-state index is 11.7. The molecule has 17 heavy (non-hydrogen) atoms. The van der Waals surface area contributed by atoms with E-state index >= 15 is 0 Å². The quantitative estimate of drug-likeness (QED) is 0.891. The topological polar surface area (TPSA) is 51.2 Å². The van der Waals surface area contributed by atoms with Crippen LogP contribution in [0.5, 0.6) is 0 Å². The Bertz CT molecular complexity index is 397. The first kappa shape index (κ1) is 12.5. The molecule has 1 atom stereocenters. The Labute approximate surface area is 105 Å². The highest BCUT2D eigenvalue weighted by Crippen LogP contribution is 2.18. The molecule has 0 bridgehead atoms. The van der Waals surface area contributed by atoms with Gasteiger partial charge in [-0.25, -0.2) is 4.98 Å². The highest BCUT2D eigenvalue weighted by atomic mass is 32.1. The van der Waals surface area contributed by atoms with E-state index in [0.29, 0.717) is 18.9 Å². The third-order valence-corrected chi connectivity index (χ3v) is 4.02. The average Bonchev–Trinajstić information content (AvgIpc) is 2.86. The summed E-state index contributed by atoms with van der Waals surface area (Å²) in [6.07, 6.45) is 1.59. The first-order valence-corrected chi connectivity index (χ1v) is 6.74. The molecule has 0 unspecified atom stereocenters. The number of carbonyl (C=O) groups is 1. The smallest absolute Gasteiger partial charge is 0.220 e. The highest BCUT2D eigenvalue weighted by molar-refractivity contribution is 7.11. The Morgan fingerprint density at radius 2 is 2.41 bits per heavy atom. The Hall–Kier alpha value is -0.940. The van der Waals surface area contributed by atoms with Crippen LogP contribution in [0, 0.1) is 19.8 Å². The molecule has 2 rings (SSSR count). The molecule has 1 aromatic heterocycles. The summed E-state index contributed by atoms with van der Waals surface area (Å²) in [6, 6.07) is 0. The number of carbonyl (C=O) groups excluding carboxylic acids is 1. The van der Waals surface area contributed by atoms with Gasteiger partial charge in [-0.2, -0.15) is 0 Å². The van der Waals surface area contributed by atoms with Gasteiger partial charge in [-0.3, -0.25) is 4.79 Å². The lowest BCUT2D eigenvalue weighted by Crippen LogP contribution is -2.25. The number of hydrogen-bond acceptors (Lipinski definition) is 4. The van der Waals surface area contributed by atoms with E-state index in [1.54, 1.807) is 11.3 Å². The van der Waals surface area contributed by atoms with Gasteiger partial charge in [0.05, 0.1) is 17.2 Å². The van der Waals surface area contributed by atoms with Crippen LogP contribution in [0.4, 0.5) is 0 Å². The van der Waals surface area contributed by atoms with Gasteiger partial charge in [0.1, 0.15) is 0 Å². The number of hydrogen-bond donors (Lipinski definition) is 1. The van der Waals surface area contributed by atoms with Crippen LogP contribution in [0.25, 0.3) is 0 Å². The minimum atomic E-state index is 0.117. The molecule has 94 valence electrons. The van der Waals surface area contributed by atoms with Crippen LogP contribution in [-0.2, 0) is 16.1 Å². The fraction of sp³-hybridized carbons (Fsp3) is 0.667. The predicted octanol–water partition coefficient (Wildman–Crippen LogP) is 1.80. The van der Waals surface area contributed by atoms with Crippen LogP contribution < -0.4 is 5.32 Å². The van der Waals surface area contributed by atoms with Crippen molar-refractivity contribution in [1.82, 2.24) is 10.3 Å². The molecule has 1 fully saturated rings. The number of ether oxygens (including phenoxy) is 1. The fourth-order valence-electron chi connectivity index (χ4n) is 2.00. The van der Waals surface area contributed by atoms with Gasteiger partial charge in [0.25, 0.3) is 0 Å². The number of thiazole rings is 1. The summed E-state index contributed by atoms with van der Waals surface area (Å²) in [7, 11) is 0. The van der Waals surface area contributed by atoms with E-state index in [4.69, 9.17) is 4.74 Å². The second-order valence-electron chi connectivity index (χ2n) is 4.45. The van der Waals surface area contributed by atoms with Crippen molar-refractivity contribution in [2.24, 2.45) is 5.92 Å². The van der Waals surface area contributed by atoms with Crippen molar-refractivity contribution in [1.29, 1.82) is 0 Å². The van der Waals surface area contributed by atoms with Crippen LogP contribution >= 0.6 is 11.3 Å². The van der Waals surface area contributed by atoms with Crippen molar-refractivity contribution >= 4 is 17.2 Å². The molecule has 0 aromatic carbocycles. The molecule has 1 N–H and O–H groups in total. The van der Waals surface area contributed by atoms with Crippen molar-refractivity contribution in [3.05, 3.63) is 15.6 Å². The summed E-state index contributed by atoms with van der Waals surface area (Å²) >= 11 is 1.65. The van der Waals surface area contributed by atoms with Crippen molar-refractivity contribution in [2.45, 2.75) is 33.2 Å². The van der Waals surface area contributed by atoms with E-state index in [0.717, 1.165) is 35.2 Å². The Kier molecular flexibility index (Phi) is 4.12. The standard InChI is InChI=1S/C12H18N2O2S/c1-8-11(17-9(2)14-8)6-13-12(15)5-10-3-4-16-7-10/h10H,3-7H2,1-2H3,(H,13,15)/t10-/m1/s1. The molecule has 4 nitrogen and oxygen atoms in total. The van der Waals surface area contributed by atoms with Crippen molar-refractivity contribution in [3.8, 4) is 0 Å². The Morgan fingerprint density at radius 3 is 3.00 bits per heavy atom. The van der Waals surface area contributed by atoms with E-state index in [1.165, 1.54) is 0 Å². The number of nitrogens with zero attached hydrogens (tertiary/aromatic N) is 1. The molecule has 2 heterocycles.